The second-order valence-electron chi connectivity index (χ2n) is 9.39. The molecule has 160 valence electrons. The Bertz CT molecular complexity index is 534. The van der Waals surface area contributed by atoms with Gasteiger partial charge in [0, 0.05) is 38.1 Å². The van der Waals surface area contributed by atoms with Crippen molar-refractivity contribution in [3.8, 4) is 0 Å². The van der Waals surface area contributed by atoms with Crippen molar-refractivity contribution in [3.05, 3.63) is 23.8 Å². The summed E-state index contributed by atoms with van der Waals surface area (Å²) >= 11 is 0. The molecule has 3 aliphatic rings. The number of piperidine rings is 1. The Morgan fingerprint density at radius 1 is 1.21 bits per heavy atom. The predicted molar refractivity (Wildman–Crippen MR) is 113 cm³/mol. The number of hydrogen-bond donors (Lipinski definition) is 3. The van der Waals surface area contributed by atoms with Crippen molar-refractivity contribution < 1.29 is 15.3 Å². The molecular formula is C23H40N2O3. The fourth-order valence-electron chi connectivity index (χ4n) is 5.24. The predicted octanol–water partition coefficient (Wildman–Crippen LogP) is 3.75. The van der Waals surface area contributed by atoms with Gasteiger partial charge < -0.3 is 10.4 Å². The second kappa shape index (κ2) is 10.9. The van der Waals surface area contributed by atoms with Crippen LogP contribution in [0.25, 0.3) is 0 Å². The topological polar surface area (TPSA) is 65.0 Å². The minimum Gasteiger partial charge on any atom is -0.389 e. The number of likely N-dealkylation sites (tertiary alicyclic amines) is 1. The highest BCUT2D eigenvalue weighted by Gasteiger charge is 2.38. The van der Waals surface area contributed by atoms with E-state index in [1.807, 2.05) is 0 Å². The van der Waals surface area contributed by atoms with Gasteiger partial charge in [0.1, 0.15) is 6.10 Å². The van der Waals surface area contributed by atoms with E-state index in [-0.39, 0.29) is 0 Å². The van der Waals surface area contributed by atoms with Crippen molar-refractivity contribution in [2.75, 3.05) is 19.6 Å². The number of rotatable bonds is 9. The van der Waals surface area contributed by atoms with Crippen LogP contribution >= 0.6 is 0 Å². The van der Waals surface area contributed by atoms with Gasteiger partial charge in [-0.15, -0.1) is 0 Å². The van der Waals surface area contributed by atoms with Crippen molar-refractivity contribution in [3.63, 3.8) is 0 Å². The first kappa shape index (κ1) is 22.0. The van der Waals surface area contributed by atoms with Crippen LogP contribution < -0.4 is 5.32 Å². The Balaban J connectivity index is 1.61. The molecule has 0 aromatic carbocycles. The minimum absolute atomic E-state index is 0.449. The summed E-state index contributed by atoms with van der Waals surface area (Å²) in [7, 11) is 0. The molecule has 5 nitrogen and oxygen atoms in total. The highest BCUT2D eigenvalue weighted by Crippen LogP contribution is 2.38. The van der Waals surface area contributed by atoms with Gasteiger partial charge in [0.2, 0.25) is 0 Å². The molecule has 5 atom stereocenters. The molecule has 28 heavy (non-hydrogen) atoms. The molecule has 2 aliphatic carbocycles. The number of fused-ring (bicyclic) bond motifs is 1. The van der Waals surface area contributed by atoms with Crippen LogP contribution in [0.5, 0.6) is 0 Å². The summed E-state index contributed by atoms with van der Waals surface area (Å²) in [6, 6.07) is 0.916. The zero-order valence-corrected chi connectivity index (χ0v) is 17.7. The maximum Gasteiger partial charge on any atom is 0.124 e. The van der Waals surface area contributed by atoms with E-state index in [1.54, 1.807) is 0 Å². The smallest absolute Gasteiger partial charge is 0.124 e. The molecule has 2 fully saturated rings. The number of aliphatic hydroxyl groups excluding tert-OH is 1. The van der Waals surface area contributed by atoms with E-state index in [1.165, 1.54) is 32.1 Å². The molecule has 5 unspecified atom stereocenters. The molecule has 0 radical (unpaired) electrons. The molecule has 0 aromatic rings. The van der Waals surface area contributed by atoms with Crippen molar-refractivity contribution in [1.29, 1.82) is 0 Å². The molecule has 1 heterocycles. The van der Waals surface area contributed by atoms with E-state index in [0.29, 0.717) is 25.0 Å². The third kappa shape index (κ3) is 6.14. The third-order valence-electron chi connectivity index (χ3n) is 6.88. The fourth-order valence-corrected chi connectivity index (χ4v) is 5.24. The van der Waals surface area contributed by atoms with Gasteiger partial charge in [0.15, 0.2) is 0 Å². The molecule has 3 rings (SSSR count). The van der Waals surface area contributed by atoms with Gasteiger partial charge in [-0.1, -0.05) is 51.3 Å². The van der Waals surface area contributed by atoms with Crippen molar-refractivity contribution in [2.45, 2.75) is 89.5 Å². The molecule has 1 aliphatic heterocycles. The standard InChI is InChI=1S/C23H40N2O3/c1-17(2)24-14-21-13-19-10-6-7-11-20(19)15-25(21)16-22(26)23(28-27)12-18-8-4-3-5-9-18/h4,8-9,17,19-24,26-27H,3,5-7,10-16H2,1-2H3. The number of nitrogens with one attached hydrogen (secondary N) is 1. The normalized spacial score (nSPS) is 30.8. The van der Waals surface area contributed by atoms with Crippen LogP contribution in [0.4, 0.5) is 0 Å². The summed E-state index contributed by atoms with van der Waals surface area (Å²) in [4.78, 5) is 7.19. The van der Waals surface area contributed by atoms with Crippen molar-refractivity contribution in [1.82, 2.24) is 10.2 Å². The Kier molecular flexibility index (Phi) is 8.54. The molecule has 1 saturated carbocycles. The summed E-state index contributed by atoms with van der Waals surface area (Å²) in [6.45, 7) is 6.97. The molecule has 0 bridgehead atoms. The number of aliphatic hydroxyl groups is 1. The minimum atomic E-state index is -0.692. The fraction of sp³-hybridized carbons (Fsp3) is 0.826. The maximum atomic E-state index is 10.9. The van der Waals surface area contributed by atoms with Gasteiger partial charge in [0.25, 0.3) is 0 Å². The van der Waals surface area contributed by atoms with Crippen LogP contribution in [0.2, 0.25) is 0 Å². The van der Waals surface area contributed by atoms with E-state index >= 15 is 0 Å². The van der Waals surface area contributed by atoms with Crippen molar-refractivity contribution in [2.24, 2.45) is 11.8 Å². The Labute approximate surface area is 170 Å². The first-order valence-corrected chi connectivity index (χ1v) is 11.4. The molecule has 5 heteroatoms. The van der Waals surface area contributed by atoms with Gasteiger partial charge >= 0.3 is 0 Å². The van der Waals surface area contributed by atoms with Crippen LogP contribution in [-0.2, 0) is 4.89 Å². The molecule has 0 amide bonds. The van der Waals surface area contributed by atoms with E-state index in [9.17, 15) is 10.4 Å². The zero-order chi connectivity index (χ0) is 19.9. The average molecular weight is 393 g/mol. The van der Waals surface area contributed by atoms with Gasteiger partial charge in [-0.3, -0.25) is 10.2 Å². The highest BCUT2D eigenvalue weighted by atomic mass is 17.1. The summed E-state index contributed by atoms with van der Waals surface area (Å²) in [5.74, 6) is 1.59. The Hall–Kier alpha value is -0.720. The highest BCUT2D eigenvalue weighted by molar-refractivity contribution is 5.23. The monoisotopic (exact) mass is 392 g/mol. The first-order chi connectivity index (χ1) is 13.6. The lowest BCUT2D eigenvalue weighted by atomic mass is 9.72. The van der Waals surface area contributed by atoms with Crippen LogP contribution in [0.1, 0.15) is 65.2 Å². The van der Waals surface area contributed by atoms with Gasteiger partial charge in [-0.2, -0.15) is 0 Å². The number of hydrogen-bond acceptors (Lipinski definition) is 5. The molecule has 1 saturated heterocycles. The number of allylic oxidation sites excluding steroid dienone is 3. The van der Waals surface area contributed by atoms with E-state index in [4.69, 9.17) is 4.89 Å². The quantitative estimate of drug-likeness (QED) is 0.412. The van der Waals surface area contributed by atoms with E-state index in [2.05, 4.69) is 42.3 Å². The maximum absolute atomic E-state index is 10.9. The lowest BCUT2D eigenvalue weighted by molar-refractivity contribution is -0.297. The number of nitrogens with zero attached hydrogens (tertiary/aromatic N) is 1. The van der Waals surface area contributed by atoms with E-state index in [0.717, 1.165) is 43.3 Å². The Morgan fingerprint density at radius 3 is 2.68 bits per heavy atom. The molecule has 3 N–H and O–H groups in total. The average Bonchev–Trinajstić information content (AvgIpc) is 2.71. The van der Waals surface area contributed by atoms with E-state index < -0.39 is 12.2 Å². The van der Waals surface area contributed by atoms with Gasteiger partial charge in [-0.25, -0.2) is 4.89 Å². The van der Waals surface area contributed by atoms with Crippen LogP contribution in [0, 0.1) is 11.8 Å². The number of β-amino-alcohol motifs (C(OH)–C–C–N with tert-alkyl or cyclic N) is 1. The summed E-state index contributed by atoms with van der Waals surface area (Å²) in [5, 5.41) is 23.9. The first-order valence-electron chi connectivity index (χ1n) is 11.4. The lowest BCUT2D eigenvalue weighted by Crippen LogP contribution is -2.55. The van der Waals surface area contributed by atoms with Crippen molar-refractivity contribution >= 4 is 0 Å². The Morgan fingerprint density at radius 2 is 2.00 bits per heavy atom. The molecule has 0 spiro atoms. The second-order valence-corrected chi connectivity index (χ2v) is 9.39. The third-order valence-corrected chi connectivity index (χ3v) is 6.88. The summed E-state index contributed by atoms with van der Waals surface area (Å²) < 4.78 is 0. The van der Waals surface area contributed by atoms with Crippen LogP contribution in [-0.4, -0.2) is 59.2 Å². The largest absolute Gasteiger partial charge is 0.389 e. The zero-order valence-electron chi connectivity index (χ0n) is 17.7. The van der Waals surface area contributed by atoms with Gasteiger partial charge in [-0.05, 0) is 43.1 Å². The summed E-state index contributed by atoms with van der Waals surface area (Å²) in [5.41, 5.74) is 1.15. The van der Waals surface area contributed by atoms with Gasteiger partial charge in [0.05, 0.1) is 6.10 Å². The van der Waals surface area contributed by atoms with Crippen LogP contribution in [0.3, 0.4) is 0 Å². The summed E-state index contributed by atoms with van der Waals surface area (Å²) in [6.07, 6.45) is 14.4. The van der Waals surface area contributed by atoms with Crippen LogP contribution in [0.15, 0.2) is 23.8 Å². The SMILES string of the molecule is CC(C)NCC1CC2CCCCC2CN1CC(O)C(CC1=CCCC=C1)OO. The molecular weight excluding hydrogens is 352 g/mol. The lowest BCUT2D eigenvalue weighted by Gasteiger charge is -2.47. The molecule has 0 aromatic heterocycles.